The Bertz CT molecular complexity index is 1100. The van der Waals surface area contributed by atoms with Gasteiger partial charge in [0.2, 0.25) is 10.0 Å². The number of benzene rings is 2. The highest BCUT2D eigenvalue weighted by molar-refractivity contribution is 7.89. The molecule has 0 aliphatic carbocycles. The molecule has 10 nitrogen and oxygen atoms in total. The Labute approximate surface area is 178 Å². The molecule has 1 aliphatic heterocycles. The molecule has 0 fully saturated rings. The zero-order chi connectivity index (χ0) is 22.6. The van der Waals surface area contributed by atoms with Crippen LogP contribution in [0.2, 0.25) is 0 Å². The maximum absolute atomic E-state index is 12.5. The minimum absolute atomic E-state index is 0.0491. The lowest BCUT2D eigenvalue weighted by molar-refractivity contribution is -0.150. The van der Waals surface area contributed by atoms with E-state index in [1.807, 2.05) is 0 Å². The molecular weight excluding hydrogens is 426 g/mol. The van der Waals surface area contributed by atoms with Crippen molar-refractivity contribution in [2.45, 2.75) is 17.4 Å². The molecule has 11 heteroatoms. The highest BCUT2D eigenvalue weighted by Crippen LogP contribution is 2.30. The number of aliphatic hydroxyl groups is 1. The zero-order valence-electron chi connectivity index (χ0n) is 16.4. The van der Waals surface area contributed by atoms with Gasteiger partial charge in [-0.05, 0) is 42.3 Å². The summed E-state index contributed by atoms with van der Waals surface area (Å²) in [5.41, 5.74) is 1.44. The van der Waals surface area contributed by atoms with Crippen molar-refractivity contribution in [1.82, 2.24) is 5.32 Å². The van der Waals surface area contributed by atoms with Gasteiger partial charge in [0.15, 0.2) is 12.6 Å². The Hall–Kier alpha value is -3.28. The number of carbonyl (C=O) groups is 3. The molecule has 0 bridgehead atoms. The maximum Gasteiger partial charge on any atom is 0.331 e. The molecule has 0 saturated heterocycles. The molecule has 164 valence electrons. The first-order chi connectivity index (χ1) is 14.7. The number of carbonyl (C=O) groups excluding carboxylic acids is 3. The van der Waals surface area contributed by atoms with Gasteiger partial charge in [0, 0.05) is 17.8 Å². The standard InChI is InChI=1S/C20H21N3O7S/c21-31(28,29)15-6-7-17-14(10-15)8-9-23(17)18(25)12-30-20(27)16(11-24)22-19(26)13-4-2-1-3-5-13/h1-7,10,16,24H,8-9,11-12H2,(H,22,26)(H2,21,28,29). The van der Waals surface area contributed by atoms with Crippen molar-refractivity contribution in [2.24, 2.45) is 5.14 Å². The van der Waals surface area contributed by atoms with Crippen LogP contribution in [0.4, 0.5) is 5.69 Å². The fraction of sp³-hybridized carbons (Fsp3) is 0.250. The van der Waals surface area contributed by atoms with E-state index in [4.69, 9.17) is 9.88 Å². The smallest absolute Gasteiger partial charge is 0.331 e. The van der Waals surface area contributed by atoms with Gasteiger partial charge in [-0.3, -0.25) is 9.59 Å². The Kier molecular flexibility index (Phi) is 6.68. The summed E-state index contributed by atoms with van der Waals surface area (Å²) in [5.74, 6) is -2.05. The van der Waals surface area contributed by atoms with Crippen molar-refractivity contribution >= 4 is 33.5 Å². The van der Waals surface area contributed by atoms with Crippen molar-refractivity contribution in [3.63, 3.8) is 0 Å². The summed E-state index contributed by atoms with van der Waals surface area (Å²) in [6.45, 7) is -1.02. The molecule has 2 aromatic rings. The van der Waals surface area contributed by atoms with Crippen LogP contribution in [-0.2, 0) is 30.8 Å². The lowest BCUT2D eigenvalue weighted by Crippen LogP contribution is -2.45. The second kappa shape index (κ2) is 9.25. The second-order valence-electron chi connectivity index (χ2n) is 6.81. The highest BCUT2D eigenvalue weighted by Gasteiger charge is 2.28. The minimum atomic E-state index is -3.86. The van der Waals surface area contributed by atoms with Crippen LogP contribution in [0.1, 0.15) is 15.9 Å². The van der Waals surface area contributed by atoms with Crippen molar-refractivity contribution in [3.8, 4) is 0 Å². The number of esters is 1. The summed E-state index contributed by atoms with van der Waals surface area (Å²) >= 11 is 0. The van der Waals surface area contributed by atoms with Gasteiger partial charge in [-0.15, -0.1) is 0 Å². The minimum Gasteiger partial charge on any atom is -0.454 e. The van der Waals surface area contributed by atoms with E-state index in [-0.39, 0.29) is 11.4 Å². The molecule has 0 saturated carbocycles. The number of nitrogens with one attached hydrogen (secondary N) is 1. The average Bonchev–Trinajstić information content (AvgIpc) is 3.19. The first-order valence-corrected chi connectivity index (χ1v) is 10.8. The third-order valence-electron chi connectivity index (χ3n) is 4.72. The molecule has 31 heavy (non-hydrogen) atoms. The predicted molar refractivity (Wildman–Crippen MR) is 110 cm³/mol. The number of nitrogens with two attached hydrogens (primary N) is 1. The number of rotatable bonds is 7. The van der Waals surface area contributed by atoms with Gasteiger partial charge in [0.1, 0.15) is 0 Å². The highest BCUT2D eigenvalue weighted by atomic mass is 32.2. The van der Waals surface area contributed by atoms with E-state index in [0.29, 0.717) is 23.2 Å². The SMILES string of the molecule is NS(=O)(=O)c1ccc2c(c1)CCN2C(=O)COC(=O)C(CO)NC(=O)c1ccccc1. The van der Waals surface area contributed by atoms with Crippen LogP contribution in [0.25, 0.3) is 0 Å². The summed E-state index contributed by atoms with van der Waals surface area (Å²) in [5, 5.41) is 16.9. The van der Waals surface area contributed by atoms with Crippen molar-refractivity contribution in [2.75, 3.05) is 24.7 Å². The van der Waals surface area contributed by atoms with Crippen molar-refractivity contribution < 1.29 is 32.6 Å². The van der Waals surface area contributed by atoms with Gasteiger partial charge in [0.05, 0.1) is 11.5 Å². The molecule has 1 heterocycles. The molecule has 2 amide bonds. The summed E-state index contributed by atoms with van der Waals surface area (Å²) in [4.78, 5) is 38.2. The van der Waals surface area contributed by atoms with E-state index in [1.165, 1.54) is 23.1 Å². The fourth-order valence-electron chi connectivity index (χ4n) is 3.14. The van der Waals surface area contributed by atoms with Crippen LogP contribution >= 0.6 is 0 Å². The van der Waals surface area contributed by atoms with Crippen LogP contribution in [0.3, 0.4) is 0 Å². The number of ether oxygens (including phenoxy) is 1. The number of aliphatic hydroxyl groups excluding tert-OH is 1. The monoisotopic (exact) mass is 447 g/mol. The third-order valence-corrected chi connectivity index (χ3v) is 5.63. The lowest BCUT2D eigenvalue weighted by Gasteiger charge is -2.19. The van der Waals surface area contributed by atoms with E-state index in [0.717, 1.165) is 0 Å². The molecule has 1 aliphatic rings. The van der Waals surface area contributed by atoms with Crippen LogP contribution in [0, 0.1) is 0 Å². The van der Waals surface area contributed by atoms with E-state index in [1.54, 1.807) is 30.3 Å². The topological polar surface area (TPSA) is 156 Å². The molecule has 2 aromatic carbocycles. The summed E-state index contributed by atoms with van der Waals surface area (Å²) in [6, 6.07) is 11.0. The average molecular weight is 447 g/mol. The second-order valence-corrected chi connectivity index (χ2v) is 8.37. The van der Waals surface area contributed by atoms with Crippen molar-refractivity contribution in [1.29, 1.82) is 0 Å². The lowest BCUT2D eigenvalue weighted by atomic mass is 10.2. The van der Waals surface area contributed by atoms with Crippen LogP contribution < -0.4 is 15.4 Å². The normalized spacial score (nSPS) is 13.9. The maximum atomic E-state index is 12.5. The first-order valence-electron chi connectivity index (χ1n) is 9.30. The fourth-order valence-corrected chi connectivity index (χ4v) is 3.70. The van der Waals surface area contributed by atoms with E-state index < -0.39 is 47.1 Å². The van der Waals surface area contributed by atoms with Crippen LogP contribution in [-0.4, -0.2) is 57.1 Å². The third kappa shape index (κ3) is 5.26. The first kappa shape index (κ1) is 22.4. The Morgan fingerprint density at radius 3 is 2.52 bits per heavy atom. The number of primary sulfonamides is 1. The number of anilines is 1. The number of hydrogen-bond acceptors (Lipinski definition) is 7. The van der Waals surface area contributed by atoms with Gasteiger partial charge in [-0.2, -0.15) is 0 Å². The number of fused-ring (bicyclic) bond motifs is 1. The number of hydrogen-bond donors (Lipinski definition) is 3. The van der Waals surface area contributed by atoms with Gasteiger partial charge in [0.25, 0.3) is 11.8 Å². The molecule has 0 aromatic heterocycles. The quantitative estimate of drug-likeness (QED) is 0.486. The molecule has 1 unspecified atom stereocenters. The molecule has 4 N–H and O–H groups in total. The van der Waals surface area contributed by atoms with Gasteiger partial charge < -0.3 is 20.1 Å². The van der Waals surface area contributed by atoms with Crippen molar-refractivity contribution in [3.05, 3.63) is 59.7 Å². The number of sulfonamides is 1. The molecule has 1 atom stereocenters. The van der Waals surface area contributed by atoms with E-state index in [9.17, 15) is 27.9 Å². The predicted octanol–water partition coefficient (Wildman–Crippen LogP) is -0.443. The molecule has 3 rings (SSSR count). The summed E-state index contributed by atoms with van der Waals surface area (Å²) in [6.07, 6.45) is 0.421. The summed E-state index contributed by atoms with van der Waals surface area (Å²) < 4.78 is 27.9. The largest absolute Gasteiger partial charge is 0.454 e. The Balaban J connectivity index is 1.59. The van der Waals surface area contributed by atoms with Gasteiger partial charge in [-0.1, -0.05) is 18.2 Å². The molecular formula is C20H21N3O7S. The summed E-state index contributed by atoms with van der Waals surface area (Å²) in [7, 11) is -3.86. The number of amides is 2. The van der Waals surface area contributed by atoms with E-state index >= 15 is 0 Å². The number of nitrogens with zero attached hydrogens (tertiary/aromatic N) is 1. The Morgan fingerprint density at radius 1 is 1.16 bits per heavy atom. The molecule has 0 spiro atoms. The van der Waals surface area contributed by atoms with Gasteiger partial charge >= 0.3 is 5.97 Å². The van der Waals surface area contributed by atoms with Gasteiger partial charge in [-0.25, -0.2) is 18.4 Å². The zero-order valence-corrected chi connectivity index (χ0v) is 17.2. The Morgan fingerprint density at radius 2 is 1.87 bits per heavy atom. The van der Waals surface area contributed by atoms with Crippen LogP contribution in [0.5, 0.6) is 0 Å². The molecule has 0 radical (unpaired) electrons. The van der Waals surface area contributed by atoms with E-state index in [2.05, 4.69) is 5.32 Å². The van der Waals surface area contributed by atoms with Crippen LogP contribution in [0.15, 0.2) is 53.4 Å².